The molecule has 112 valence electrons. The van der Waals surface area contributed by atoms with E-state index in [1.807, 2.05) is 0 Å². The van der Waals surface area contributed by atoms with Gasteiger partial charge in [0.25, 0.3) is 0 Å². The minimum absolute atomic E-state index is 0.0470. The number of oxime groups is 1. The first-order chi connectivity index (χ1) is 10.2. The van der Waals surface area contributed by atoms with Gasteiger partial charge in [-0.3, -0.25) is 0 Å². The predicted octanol–water partition coefficient (Wildman–Crippen LogP) is 2.01. The molecule has 7 nitrogen and oxygen atoms in total. The summed E-state index contributed by atoms with van der Waals surface area (Å²) >= 11 is 6.06. The number of aromatic nitrogens is 3. The number of amidine groups is 1. The zero-order valence-corrected chi connectivity index (χ0v) is 12.3. The van der Waals surface area contributed by atoms with Gasteiger partial charge in [0.1, 0.15) is 18.7 Å². The lowest BCUT2D eigenvalue weighted by atomic mass is 10.2. The molecule has 0 bridgehead atoms. The fraction of sp³-hybridized carbons (Fsp3) is 0.308. The molecular formula is C13H16ClN5O2. The minimum atomic E-state index is -0.0470. The van der Waals surface area contributed by atoms with Crippen LogP contribution in [-0.4, -0.2) is 25.8 Å². The number of hydrogen-bond acceptors (Lipinski definition) is 5. The fourth-order valence-corrected chi connectivity index (χ4v) is 2.06. The number of ether oxygens (including phenoxy) is 1. The molecule has 0 aliphatic rings. The van der Waals surface area contributed by atoms with Crippen LogP contribution in [0.4, 0.5) is 0 Å². The molecule has 0 aliphatic carbocycles. The zero-order valence-electron chi connectivity index (χ0n) is 11.5. The number of nitrogens with zero attached hydrogens (tertiary/aromatic N) is 4. The van der Waals surface area contributed by atoms with Gasteiger partial charge in [-0.05, 0) is 24.6 Å². The van der Waals surface area contributed by atoms with Gasteiger partial charge in [0.15, 0.2) is 11.7 Å². The van der Waals surface area contributed by atoms with Gasteiger partial charge in [-0.15, -0.1) is 0 Å². The zero-order chi connectivity index (χ0) is 15.2. The van der Waals surface area contributed by atoms with E-state index < -0.39 is 0 Å². The number of hydrogen-bond donors (Lipinski definition) is 2. The Morgan fingerprint density at radius 3 is 3.00 bits per heavy atom. The van der Waals surface area contributed by atoms with E-state index in [2.05, 4.69) is 22.2 Å². The van der Waals surface area contributed by atoms with E-state index in [4.69, 9.17) is 27.3 Å². The molecule has 1 aromatic heterocycles. The van der Waals surface area contributed by atoms with E-state index in [1.54, 1.807) is 22.9 Å². The van der Waals surface area contributed by atoms with Gasteiger partial charge in [0.2, 0.25) is 0 Å². The molecule has 3 N–H and O–H groups in total. The molecule has 0 aliphatic heterocycles. The van der Waals surface area contributed by atoms with Crippen molar-refractivity contribution in [1.82, 2.24) is 14.8 Å². The summed E-state index contributed by atoms with van der Waals surface area (Å²) in [6.07, 6.45) is 2.47. The van der Waals surface area contributed by atoms with Gasteiger partial charge in [0, 0.05) is 12.1 Å². The van der Waals surface area contributed by atoms with E-state index in [-0.39, 0.29) is 5.84 Å². The van der Waals surface area contributed by atoms with Crippen molar-refractivity contribution in [3.05, 3.63) is 40.9 Å². The van der Waals surface area contributed by atoms with Crippen molar-refractivity contribution in [2.24, 2.45) is 10.9 Å². The normalized spacial score (nSPS) is 11.6. The Balaban J connectivity index is 2.07. The second-order valence-corrected chi connectivity index (χ2v) is 4.72. The van der Waals surface area contributed by atoms with E-state index >= 15 is 0 Å². The maximum absolute atomic E-state index is 8.65. The summed E-state index contributed by atoms with van der Waals surface area (Å²) in [5.41, 5.74) is 5.95. The van der Waals surface area contributed by atoms with Crippen LogP contribution in [0.25, 0.3) is 0 Å². The van der Waals surface area contributed by atoms with Crippen LogP contribution < -0.4 is 10.5 Å². The molecule has 8 heteroatoms. The number of aryl methyl sites for hydroxylation is 1. The second kappa shape index (κ2) is 6.94. The van der Waals surface area contributed by atoms with Crippen molar-refractivity contribution in [2.75, 3.05) is 0 Å². The van der Waals surface area contributed by atoms with Crippen LogP contribution in [0.5, 0.6) is 5.75 Å². The van der Waals surface area contributed by atoms with Gasteiger partial charge < -0.3 is 15.7 Å². The predicted molar refractivity (Wildman–Crippen MR) is 78.6 cm³/mol. The summed E-state index contributed by atoms with van der Waals surface area (Å²) in [7, 11) is 0. The highest BCUT2D eigenvalue weighted by atomic mass is 35.5. The highest BCUT2D eigenvalue weighted by molar-refractivity contribution is 6.34. The third kappa shape index (κ3) is 3.63. The summed E-state index contributed by atoms with van der Waals surface area (Å²) in [5.74, 6) is 1.27. The van der Waals surface area contributed by atoms with E-state index in [0.717, 1.165) is 18.8 Å². The average Bonchev–Trinajstić information content (AvgIpc) is 2.92. The van der Waals surface area contributed by atoms with Crippen LogP contribution in [0.3, 0.4) is 0 Å². The topological polar surface area (TPSA) is 98.5 Å². The highest BCUT2D eigenvalue weighted by Crippen LogP contribution is 2.23. The van der Waals surface area contributed by atoms with Gasteiger partial charge in [0.05, 0.1) is 5.02 Å². The summed E-state index contributed by atoms with van der Waals surface area (Å²) in [5, 5.41) is 16.0. The monoisotopic (exact) mass is 309 g/mol. The molecule has 1 aromatic carbocycles. The Morgan fingerprint density at radius 2 is 2.33 bits per heavy atom. The SMILES string of the molecule is CCCn1ncnc1COc1ccc(/C(N)=N/O)c(Cl)c1. The average molecular weight is 310 g/mol. The lowest BCUT2D eigenvalue weighted by molar-refractivity contribution is 0.286. The Morgan fingerprint density at radius 1 is 1.52 bits per heavy atom. The number of nitrogens with two attached hydrogens (primary N) is 1. The van der Waals surface area contributed by atoms with Crippen LogP contribution in [-0.2, 0) is 13.2 Å². The van der Waals surface area contributed by atoms with Crippen molar-refractivity contribution in [3.8, 4) is 5.75 Å². The molecule has 0 saturated carbocycles. The maximum atomic E-state index is 8.65. The van der Waals surface area contributed by atoms with Crippen molar-refractivity contribution in [1.29, 1.82) is 0 Å². The number of rotatable bonds is 6. The van der Waals surface area contributed by atoms with Gasteiger partial charge in [-0.2, -0.15) is 5.10 Å². The third-order valence-electron chi connectivity index (χ3n) is 2.82. The molecule has 0 atom stereocenters. The van der Waals surface area contributed by atoms with Crippen LogP contribution in [0.2, 0.25) is 5.02 Å². The fourth-order valence-electron chi connectivity index (χ4n) is 1.79. The van der Waals surface area contributed by atoms with Crippen molar-refractivity contribution >= 4 is 17.4 Å². The molecule has 0 saturated heterocycles. The highest BCUT2D eigenvalue weighted by Gasteiger charge is 2.09. The molecule has 0 spiro atoms. The molecule has 0 unspecified atom stereocenters. The molecule has 0 amide bonds. The van der Waals surface area contributed by atoms with Gasteiger partial charge >= 0.3 is 0 Å². The first-order valence-electron chi connectivity index (χ1n) is 6.42. The van der Waals surface area contributed by atoms with E-state index in [1.165, 1.54) is 6.33 Å². The number of benzene rings is 1. The first kappa shape index (κ1) is 15.1. The van der Waals surface area contributed by atoms with Gasteiger partial charge in [-0.1, -0.05) is 23.7 Å². The Labute approximate surface area is 127 Å². The molecule has 1 heterocycles. The van der Waals surface area contributed by atoms with E-state index in [0.29, 0.717) is 22.9 Å². The van der Waals surface area contributed by atoms with Crippen LogP contribution in [0, 0.1) is 0 Å². The Bertz CT molecular complexity index is 641. The van der Waals surface area contributed by atoms with Gasteiger partial charge in [-0.25, -0.2) is 9.67 Å². The second-order valence-electron chi connectivity index (χ2n) is 4.31. The van der Waals surface area contributed by atoms with Crippen LogP contribution >= 0.6 is 11.6 Å². The molecular weight excluding hydrogens is 294 g/mol. The Hall–Kier alpha value is -2.28. The minimum Gasteiger partial charge on any atom is -0.486 e. The summed E-state index contributed by atoms with van der Waals surface area (Å²) in [6, 6.07) is 4.93. The van der Waals surface area contributed by atoms with Crippen molar-refractivity contribution in [3.63, 3.8) is 0 Å². The summed E-state index contributed by atoms with van der Waals surface area (Å²) in [4.78, 5) is 4.15. The lowest BCUT2D eigenvalue weighted by Gasteiger charge is -2.09. The van der Waals surface area contributed by atoms with Crippen molar-refractivity contribution < 1.29 is 9.94 Å². The van der Waals surface area contributed by atoms with Crippen molar-refractivity contribution in [2.45, 2.75) is 26.5 Å². The smallest absolute Gasteiger partial charge is 0.171 e. The Kier molecular flexibility index (Phi) is 4.99. The van der Waals surface area contributed by atoms with Crippen LogP contribution in [0.15, 0.2) is 29.7 Å². The third-order valence-corrected chi connectivity index (χ3v) is 3.14. The molecule has 0 radical (unpaired) electrons. The molecule has 0 fully saturated rings. The number of halogens is 1. The lowest BCUT2D eigenvalue weighted by Crippen LogP contribution is -2.13. The van der Waals surface area contributed by atoms with Crippen LogP contribution in [0.1, 0.15) is 24.7 Å². The molecule has 21 heavy (non-hydrogen) atoms. The standard InChI is InChI=1S/C13H16ClN5O2/c1-2-5-19-12(16-8-17-19)7-21-9-3-4-10(11(14)6-9)13(15)18-20/h3-4,6,8,20H,2,5,7H2,1H3,(H2,15,18). The molecule has 2 aromatic rings. The summed E-state index contributed by atoms with van der Waals surface area (Å²) < 4.78 is 7.43. The quantitative estimate of drug-likeness (QED) is 0.368. The largest absolute Gasteiger partial charge is 0.486 e. The first-order valence-corrected chi connectivity index (χ1v) is 6.80. The summed E-state index contributed by atoms with van der Waals surface area (Å²) in [6.45, 7) is 3.15. The molecule has 2 rings (SSSR count). The maximum Gasteiger partial charge on any atom is 0.171 e. The van der Waals surface area contributed by atoms with E-state index in [9.17, 15) is 0 Å².